The predicted octanol–water partition coefficient (Wildman–Crippen LogP) is 2.74. The Morgan fingerprint density at radius 1 is 1.19 bits per heavy atom. The molecule has 8 nitrogen and oxygen atoms in total. The summed E-state index contributed by atoms with van der Waals surface area (Å²) >= 11 is 0. The van der Waals surface area contributed by atoms with Gasteiger partial charge in [-0.3, -0.25) is 14.9 Å². The van der Waals surface area contributed by atoms with Crippen molar-refractivity contribution < 1.29 is 18.1 Å². The molecule has 0 atom stereocenters. The molecule has 0 bridgehead atoms. The molecule has 0 spiro atoms. The van der Waals surface area contributed by atoms with Gasteiger partial charge in [-0.05, 0) is 36.2 Å². The second-order valence-corrected chi connectivity index (χ2v) is 8.39. The van der Waals surface area contributed by atoms with Crippen LogP contribution in [0.1, 0.15) is 18.4 Å². The Hall–Kier alpha value is -2.94. The van der Waals surface area contributed by atoms with Gasteiger partial charge in [0.05, 0.1) is 9.82 Å². The van der Waals surface area contributed by atoms with Crippen molar-refractivity contribution in [1.82, 2.24) is 0 Å². The average molecular weight is 389 g/mol. The van der Waals surface area contributed by atoms with Gasteiger partial charge in [-0.25, -0.2) is 8.42 Å². The van der Waals surface area contributed by atoms with E-state index in [0.717, 1.165) is 36.5 Å². The second kappa shape index (κ2) is 7.36. The van der Waals surface area contributed by atoms with Gasteiger partial charge in [-0.2, -0.15) is 0 Å². The number of rotatable bonds is 6. The number of nitro benzene ring substituents is 1. The van der Waals surface area contributed by atoms with Crippen LogP contribution >= 0.6 is 0 Å². The molecule has 3 rings (SSSR count). The first-order chi connectivity index (χ1) is 12.8. The zero-order valence-corrected chi connectivity index (χ0v) is 15.5. The van der Waals surface area contributed by atoms with Crippen molar-refractivity contribution in [1.29, 1.82) is 0 Å². The Morgan fingerprint density at radius 2 is 1.89 bits per heavy atom. The fraction of sp³-hybridized carbons (Fsp3) is 0.278. The largest absolute Gasteiger partial charge is 0.375 e. The average Bonchev–Trinajstić information content (AvgIpc) is 3.05. The Balaban J connectivity index is 1.74. The van der Waals surface area contributed by atoms with Gasteiger partial charge in [0, 0.05) is 37.5 Å². The fourth-order valence-corrected chi connectivity index (χ4v) is 3.60. The number of nitrogens with one attached hydrogen (secondary N) is 1. The van der Waals surface area contributed by atoms with Crippen LogP contribution in [-0.2, 0) is 21.2 Å². The van der Waals surface area contributed by atoms with Crippen LogP contribution in [0.4, 0.5) is 17.1 Å². The van der Waals surface area contributed by atoms with Crippen molar-refractivity contribution in [2.24, 2.45) is 0 Å². The Kier molecular flexibility index (Phi) is 5.13. The molecule has 1 heterocycles. The summed E-state index contributed by atoms with van der Waals surface area (Å²) in [4.78, 5) is 24.1. The summed E-state index contributed by atoms with van der Waals surface area (Å²) in [5, 5.41) is 14.2. The van der Waals surface area contributed by atoms with E-state index in [2.05, 4.69) is 5.32 Å². The van der Waals surface area contributed by atoms with Gasteiger partial charge in [-0.15, -0.1) is 0 Å². The highest BCUT2D eigenvalue weighted by molar-refractivity contribution is 7.90. The number of nitro groups is 1. The van der Waals surface area contributed by atoms with E-state index in [4.69, 9.17) is 0 Å². The molecule has 9 heteroatoms. The van der Waals surface area contributed by atoms with Crippen molar-refractivity contribution in [2.45, 2.75) is 24.3 Å². The summed E-state index contributed by atoms with van der Waals surface area (Å²) in [7, 11) is -3.52. The van der Waals surface area contributed by atoms with E-state index in [9.17, 15) is 23.3 Å². The summed E-state index contributed by atoms with van der Waals surface area (Å²) in [6.07, 6.45) is 2.43. The van der Waals surface area contributed by atoms with E-state index >= 15 is 0 Å². The number of nitrogens with zero attached hydrogens (tertiary/aromatic N) is 2. The highest BCUT2D eigenvalue weighted by Gasteiger charge is 2.21. The van der Waals surface area contributed by atoms with Gasteiger partial charge in [0.2, 0.25) is 5.91 Å². The minimum atomic E-state index is -3.52. The minimum Gasteiger partial charge on any atom is -0.375 e. The van der Waals surface area contributed by atoms with E-state index in [0.29, 0.717) is 13.0 Å². The third-order valence-electron chi connectivity index (χ3n) is 4.40. The van der Waals surface area contributed by atoms with Crippen molar-refractivity contribution in [2.75, 3.05) is 23.0 Å². The molecule has 2 aromatic carbocycles. The lowest BCUT2D eigenvalue weighted by Gasteiger charge is -2.16. The van der Waals surface area contributed by atoms with Gasteiger partial charge in [0.15, 0.2) is 9.84 Å². The highest BCUT2D eigenvalue weighted by atomic mass is 32.2. The monoisotopic (exact) mass is 389 g/mol. The number of amides is 1. The molecule has 142 valence electrons. The van der Waals surface area contributed by atoms with E-state index in [1.807, 2.05) is 24.3 Å². The summed E-state index contributed by atoms with van der Waals surface area (Å²) < 4.78 is 23.2. The minimum absolute atomic E-state index is 0.0978. The van der Waals surface area contributed by atoms with Crippen LogP contribution in [-0.4, -0.2) is 32.0 Å². The van der Waals surface area contributed by atoms with Crippen LogP contribution in [0.5, 0.6) is 0 Å². The molecule has 1 N–H and O–H groups in total. The van der Waals surface area contributed by atoms with E-state index in [1.165, 1.54) is 12.1 Å². The standard InChI is InChI=1S/C18H19N3O5S/c1-27(25,26)15-8-9-16(17(11-15)21(23)24)19-12-13-4-6-14(7-5-13)20-10-2-3-18(20)22/h4-9,11,19H,2-3,10,12H2,1H3. The molecule has 1 fully saturated rings. The molecule has 0 radical (unpaired) electrons. The summed E-state index contributed by atoms with van der Waals surface area (Å²) in [5.41, 5.74) is 1.67. The fourth-order valence-electron chi connectivity index (χ4n) is 2.95. The number of anilines is 2. The van der Waals surface area contributed by atoms with Crippen molar-refractivity contribution in [3.63, 3.8) is 0 Å². The molecule has 1 saturated heterocycles. The van der Waals surface area contributed by atoms with Crippen LogP contribution in [0.3, 0.4) is 0 Å². The number of carbonyl (C=O) groups is 1. The zero-order valence-electron chi connectivity index (χ0n) is 14.7. The van der Waals surface area contributed by atoms with Gasteiger partial charge in [0.25, 0.3) is 5.69 Å². The maximum absolute atomic E-state index is 11.8. The maximum Gasteiger partial charge on any atom is 0.293 e. The third kappa shape index (κ3) is 4.25. The lowest BCUT2D eigenvalue weighted by Crippen LogP contribution is -2.23. The van der Waals surface area contributed by atoms with Gasteiger partial charge in [-0.1, -0.05) is 12.1 Å². The lowest BCUT2D eigenvalue weighted by atomic mass is 10.2. The summed E-state index contributed by atoms with van der Waals surface area (Å²) in [5.74, 6) is 0.113. The molecule has 0 aliphatic carbocycles. The molecule has 2 aromatic rings. The molecule has 0 saturated carbocycles. The second-order valence-electron chi connectivity index (χ2n) is 6.38. The number of carbonyl (C=O) groups excluding carboxylic acids is 1. The first-order valence-corrected chi connectivity index (χ1v) is 10.3. The van der Waals surface area contributed by atoms with Crippen LogP contribution in [0.25, 0.3) is 0 Å². The van der Waals surface area contributed by atoms with E-state index in [1.54, 1.807) is 4.90 Å². The number of sulfone groups is 1. The topological polar surface area (TPSA) is 110 Å². The Labute approximate surface area is 156 Å². The quantitative estimate of drug-likeness (QED) is 0.601. The molecular formula is C18H19N3O5S. The van der Waals surface area contributed by atoms with Crippen LogP contribution in [0.2, 0.25) is 0 Å². The van der Waals surface area contributed by atoms with Crippen molar-refractivity contribution in [3.05, 3.63) is 58.1 Å². The normalized spacial score (nSPS) is 14.4. The summed E-state index contributed by atoms with van der Waals surface area (Å²) in [6.45, 7) is 1.04. The molecule has 1 aliphatic heterocycles. The predicted molar refractivity (Wildman–Crippen MR) is 102 cm³/mol. The lowest BCUT2D eigenvalue weighted by molar-refractivity contribution is -0.384. The Morgan fingerprint density at radius 3 is 2.44 bits per heavy atom. The molecule has 27 heavy (non-hydrogen) atoms. The van der Waals surface area contributed by atoms with E-state index in [-0.39, 0.29) is 22.2 Å². The number of hydrogen-bond donors (Lipinski definition) is 1. The molecule has 0 aromatic heterocycles. The van der Waals surface area contributed by atoms with Crippen LogP contribution < -0.4 is 10.2 Å². The van der Waals surface area contributed by atoms with Crippen LogP contribution in [0.15, 0.2) is 47.4 Å². The number of hydrogen-bond acceptors (Lipinski definition) is 6. The Bertz CT molecular complexity index is 987. The van der Waals surface area contributed by atoms with Gasteiger partial charge in [0.1, 0.15) is 5.69 Å². The molecule has 0 unspecified atom stereocenters. The smallest absolute Gasteiger partial charge is 0.293 e. The zero-order chi connectivity index (χ0) is 19.6. The van der Waals surface area contributed by atoms with Crippen molar-refractivity contribution in [3.8, 4) is 0 Å². The first-order valence-electron chi connectivity index (χ1n) is 8.37. The number of benzene rings is 2. The maximum atomic E-state index is 11.8. The highest BCUT2D eigenvalue weighted by Crippen LogP contribution is 2.28. The first kappa shape index (κ1) is 18.8. The van der Waals surface area contributed by atoms with Crippen molar-refractivity contribution >= 4 is 32.8 Å². The molecular weight excluding hydrogens is 370 g/mol. The van der Waals surface area contributed by atoms with Gasteiger partial charge >= 0.3 is 0 Å². The SMILES string of the molecule is CS(=O)(=O)c1ccc(NCc2ccc(N3CCCC3=O)cc2)c([N+](=O)[O-])c1. The molecule has 1 amide bonds. The third-order valence-corrected chi connectivity index (χ3v) is 5.51. The van der Waals surface area contributed by atoms with E-state index < -0.39 is 14.8 Å². The molecule has 1 aliphatic rings. The van der Waals surface area contributed by atoms with Gasteiger partial charge < -0.3 is 10.2 Å². The summed E-state index contributed by atoms with van der Waals surface area (Å²) in [6, 6.07) is 11.2. The van der Waals surface area contributed by atoms with Crippen LogP contribution in [0, 0.1) is 10.1 Å².